The van der Waals surface area contributed by atoms with Gasteiger partial charge in [-0.25, -0.2) is 9.67 Å². The highest BCUT2D eigenvalue weighted by Gasteiger charge is 2.07. The Bertz CT molecular complexity index is 993. The van der Waals surface area contributed by atoms with Crippen molar-refractivity contribution in [3.05, 3.63) is 89.1 Å². The summed E-state index contributed by atoms with van der Waals surface area (Å²) in [6.07, 6.45) is 3.17. The lowest BCUT2D eigenvalue weighted by molar-refractivity contribution is 0.102. The Balaban J connectivity index is 1.45. The van der Waals surface area contributed by atoms with E-state index in [0.29, 0.717) is 12.1 Å². The zero-order chi connectivity index (χ0) is 17.8. The molecule has 0 unspecified atom stereocenters. The Hall–Kier alpha value is -3.25. The van der Waals surface area contributed by atoms with Crippen LogP contribution in [0.25, 0.3) is 11.1 Å². The van der Waals surface area contributed by atoms with Crippen LogP contribution < -0.4 is 5.32 Å². The van der Waals surface area contributed by atoms with Crippen LogP contribution in [0.15, 0.2) is 78.0 Å². The molecule has 0 saturated heterocycles. The molecule has 0 fully saturated rings. The standard InChI is InChI=1S/C20H16N4OS/c25-20(16-6-4-15(5-7-16)11-24-14-21-13-22-24)23-19-3-1-2-17(10-19)18-8-9-26-12-18/h1-10,12-14H,11H2,(H,23,25). The Kier molecular flexibility index (Phi) is 4.57. The van der Waals surface area contributed by atoms with Crippen LogP contribution >= 0.6 is 11.3 Å². The van der Waals surface area contributed by atoms with Gasteiger partial charge in [0.1, 0.15) is 12.7 Å². The second-order valence-electron chi connectivity index (χ2n) is 5.84. The van der Waals surface area contributed by atoms with Crippen molar-refractivity contribution < 1.29 is 4.79 Å². The number of carbonyl (C=O) groups is 1. The lowest BCUT2D eigenvalue weighted by Gasteiger charge is -2.08. The van der Waals surface area contributed by atoms with Crippen molar-refractivity contribution in [1.29, 1.82) is 0 Å². The molecular formula is C20H16N4OS. The van der Waals surface area contributed by atoms with Gasteiger partial charge in [-0.2, -0.15) is 16.4 Å². The maximum atomic E-state index is 12.5. The van der Waals surface area contributed by atoms with Crippen molar-refractivity contribution in [2.24, 2.45) is 0 Å². The molecule has 1 N–H and O–H groups in total. The molecule has 0 radical (unpaired) electrons. The molecule has 1 amide bonds. The van der Waals surface area contributed by atoms with E-state index in [9.17, 15) is 4.79 Å². The van der Waals surface area contributed by atoms with Crippen LogP contribution in [0.5, 0.6) is 0 Å². The van der Waals surface area contributed by atoms with Gasteiger partial charge in [0, 0.05) is 11.3 Å². The summed E-state index contributed by atoms with van der Waals surface area (Å²) < 4.78 is 1.74. The van der Waals surface area contributed by atoms with E-state index in [0.717, 1.165) is 22.4 Å². The van der Waals surface area contributed by atoms with Crippen molar-refractivity contribution >= 4 is 22.9 Å². The highest BCUT2D eigenvalue weighted by molar-refractivity contribution is 7.08. The monoisotopic (exact) mass is 360 g/mol. The van der Waals surface area contributed by atoms with Gasteiger partial charge < -0.3 is 5.32 Å². The fourth-order valence-corrected chi connectivity index (χ4v) is 3.34. The minimum atomic E-state index is -0.125. The first-order chi connectivity index (χ1) is 12.8. The van der Waals surface area contributed by atoms with Crippen molar-refractivity contribution in [2.45, 2.75) is 6.54 Å². The van der Waals surface area contributed by atoms with E-state index in [2.05, 4.69) is 26.8 Å². The lowest BCUT2D eigenvalue weighted by Crippen LogP contribution is -2.12. The molecule has 0 bridgehead atoms. The maximum absolute atomic E-state index is 12.5. The number of benzene rings is 2. The van der Waals surface area contributed by atoms with Gasteiger partial charge in [-0.15, -0.1) is 0 Å². The van der Waals surface area contributed by atoms with Crippen molar-refractivity contribution in [3.63, 3.8) is 0 Å². The molecule has 0 atom stereocenters. The molecule has 2 aromatic heterocycles. The molecule has 0 aliphatic carbocycles. The van der Waals surface area contributed by atoms with E-state index in [1.54, 1.807) is 22.3 Å². The summed E-state index contributed by atoms with van der Waals surface area (Å²) >= 11 is 1.66. The van der Waals surface area contributed by atoms with Crippen LogP contribution in [0.3, 0.4) is 0 Å². The average Bonchev–Trinajstić information content (AvgIpc) is 3.37. The van der Waals surface area contributed by atoms with E-state index in [1.807, 2.05) is 53.9 Å². The van der Waals surface area contributed by atoms with Gasteiger partial charge in [0.2, 0.25) is 0 Å². The van der Waals surface area contributed by atoms with Crippen LogP contribution in [-0.4, -0.2) is 20.7 Å². The summed E-state index contributed by atoms with van der Waals surface area (Å²) in [6, 6.07) is 17.4. The smallest absolute Gasteiger partial charge is 0.255 e. The summed E-state index contributed by atoms with van der Waals surface area (Å²) in [5, 5.41) is 11.2. The van der Waals surface area contributed by atoms with Crippen LogP contribution in [0.1, 0.15) is 15.9 Å². The quantitative estimate of drug-likeness (QED) is 0.577. The van der Waals surface area contributed by atoms with Crippen molar-refractivity contribution in [3.8, 4) is 11.1 Å². The van der Waals surface area contributed by atoms with Gasteiger partial charge in [-0.3, -0.25) is 4.79 Å². The molecule has 2 heterocycles. The van der Waals surface area contributed by atoms with Crippen molar-refractivity contribution in [2.75, 3.05) is 5.32 Å². The van der Waals surface area contributed by atoms with Crippen LogP contribution in [0.2, 0.25) is 0 Å². The normalized spacial score (nSPS) is 10.6. The predicted molar refractivity (Wildman–Crippen MR) is 103 cm³/mol. The molecule has 26 heavy (non-hydrogen) atoms. The van der Waals surface area contributed by atoms with Gasteiger partial charge >= 0.3 is 0 Å². The van der Waals surface area contributed by atoms with E-state index in [4.69, 9.17) is 0 Å². The maximum Gasteiger partial charge on any atom is 0.255 e. The van der Waals surface area contributed by atoms with Crippen LogP contribution in [0.4, 0.5) is 5.69 Å². The fourth-order valence-electron chi connectivity index (χ4n) is 2.67. The molecule has 0 aliphatic rings. The summed E-state index contributed by atoms with van der Waals surface area (Å²) in [6.45, 7) is 0.630. The topological polar surface area (TPSA) is 59.8 Å². The first kappa shape index (κ1) is 16.2. The molecule has 0 saturated carbocycles. The number of hydrogen-bond acceptors (Lipinski definition) is 4. The van der Waals surface area contributed by atoms with E-state index >= 15 is 0 Å². The third kappa shape index (κ3) is 3.70. The zero-order valence-electron chi connectivity index (χ0n) is 13.9. The summed E-state index contributed by atoms with van der Waals surface area (Å²) in [4.78, 5) is 16.4. The Morgan fingerprint density at radius 2 is 1.96 bits per heavy atom. The third-order valence-electron chi connectivity index (χ3n) is 4.00. The molecule has 2 aromatic carbocycles. The van der Waals surface area contributed by atoms with E-state index in [1.165, 1.54) is 6.33 Å². The van der Waals surface area contributed by atoms with Crippen LogP contribution in [0, 0.1) is 0 Å². The number of carbonyl (C=O) groups excluding carboxylic acids is 1. The SMILES string of the molecule is O=C(Nc1cccc(-c2ccsc2)c1)c1ccc(Cn2cncn2)cc1. The second kappa shape index (κ2) is 7.33. The van der Waals surface area contributed by atoms with E-state index < -0.39 is 0 Å². The predicted octanol–water partition coefficient (Wildman–Crippen LogP) is 4.31. The minimum Gasteiger partial charge on any atom is -0.322 e. The van der Waals surface area contributed by atoms with Crippen molar-refractivity contribution in [1.82, 2.24) is 14.8 Å². The van der Waals surface area contributed by atoms with Gasteiger partial charge in [0.15, 0.2) is 0 Å². The Morgan fingerprint density at radius 3 is 2.69 bits per heavy atom. The molecule has 6 heteroatoms. The Labute approximate surface area is 155 Å². The first-order valence-corrected chi connectivity index (χ1v) is 9.07. The number of thiophene rings is 1. The first-order valence-electron chi connectivity index (χ1n) is 8.13. The highest BCUT2D eigenvalue weighted by atomic mass is 32.1. The molecule has 0 spiro atoms. The number of rotatable bonds is 5. The third-order valence-corrected chi connectivity index (χ3v) is 4.69. The Morgan fingerprint density at radius 1 is 1.08 bits per heavy atom. The number of aromatic nitrogens is 3. The fraction of sp³-hybridized carbons (Fsp3) is 0.0500. The zero-order valence-corrected chi connectivity index (χ0v) is 14.7. The molecular weight excluding hydrogens is 344 g/mol. The van der Waals surface area contributed by atoms with Gasteiger partial charge in [-0.05, 0) is 57.8 Å². The number of anilines is 1. The summed E-state index contributed by atoms with van der Waals surface area (Å²) in [5.74, 6) is -0.125. The summed E-state index contributed by atoms with van der Waals surface area (Å²) in [7, 11) is 0. The number of nitrogens with zero attached hydrogens (tertiary/aromatic N) is 3. The highest BCUT2D eigenvalue weighted by Crippen LogP contribution is 2.25. The number of nitrogens with one attached hydrogen (secondary N) is 1. The largest absolute Gasteiger partial charge is 0.322 e. The summed E-state index contributed by atoms with van der Waals surface area (Å²) in [5.41, 5.74) is 4.71. The molecule has 5 nitrogen and oxygen atoms in total. The minimum absolute atomic E-state index is 0.125. The molecule has 0 aliphatic heterocycles. The molecule has 4 rings (SSSR count). The number of amides is 1. The van der Waals surface area contributed by atoms with Crippen LogP contribution in [-0.2, 0) is 6.54 Å². The van der Waals surface area contributed by atoms with E-state index in [-0.39, 0.29) is 5.91 Å². The molecule has 4 aromatic rings. The average molecular weight is 360 g/mol. The lowest BCUT2D eigenvalue weighted by atomic mass is 10.1. The van der Waals surface area contributed by atoms with Gasteiger partial charge in [0.05, 0.1) is 6.54 Å². The second-order valence-corrected chi connectivity index (χ2v) is 6.62. The molecule has 128 valence electrons. The van der Waals surface area contributed by atoms with Gasteiger partial charge in [-0.1, -0.05) is 24.3 Å². The van der Waals surface area contributed by atoms with Gasteiger partial charge in [0.25, 0.3) is 5.91 Å². The number of hydrogen-bond donors (Lipinski definition) is 1.